The smallest absolute Gasteiger partial charge is 0.320 e. The zero-order chi connectivity index (χ0) is 21.0. The van der Waals surface area contributed by atoms with Gasteiger partial charge in [0.2, 0.25) is 0 Å². The first-order valence-electron chi connectivity index (χ1n) is 11.5. The molecule has 0 aromatic rings. The fourth-order valence-corrected chi connectivity index (χ4v) is 5.10. The molecule has 0 N–H and O–H groups in total. The highest BCUT2D eigenvalue weighted by molar-refractivity contribution is 5.94. The molecule has 0 aromatic heterocycles. The molecule has 2 aliphatic carbocycles. The van der Waals surface area contributed by atoms with E-state index in [1.807, 2.05) is 0 Å². The van der Waals surface area contributed by atoms with Crippen LogP contribution in [0.1, 0.15) is 87.0 Å². The third kappa shape index (κ3) is 5.97. The number of carbonyl (C=O) groups is 2. The summed E-state index contributed by atoms with van der Waals surface area (Å²) in [5.41, 5.74) is 0. The molecule has 6 atom stereocenters. The summed E-state index contributed by atoms with van der Waals surface area (Å²) in [5.74, 6) is 1.15. The van der Waals surface area contributed by atoms with Crippen molar-refractivity contribution in [2.24, 2.45) is 41.4 Å². The lowest BCUT2D eigenvalue weighted by atomic mass is 9.75. The molecule has 2 saturated carbocycles. The SMILES string of the molecule is CC(C(=O)O[C@H]1C[C@@H](C)CC[C@@H]1C(C)C)C(=O)O[C@H]1C[C@@H](C)CC[C@@H]1C(C)C. The molecule has 0 heterocycles. The van der Waals surface area contributed by atoms with Gasteiger partial charge in [0.05, 0.1) is 0 Å². The first-order valence-corrected chi connectivity index (χ1v) is 11.5. The van der Waals surface area contributed by atoms with Gasteiger partial charge in [-0.05, 0) is 68.1 Å². The summed E-state index contributed by atoms with van der Waals surface area (Å²) in [6, 6.07) is 0. The van der Waals surface area contributed by atoms with Crippen molar-refractivity contribution >= 4 is 11.9 Å². The highest BCUT2D eigenvalue weighted by Crippen LogP contribution is 2.37. The van der Waals surface area contributed by atoms with Crippen LogP contribution in [-0.2, 0) is 19.1 Å². The highest BCUT2D eigenvalue weighted by Gasteiger charge is 2.38. The third-order valence-corrected chi connectivity index (χ3v) is 7.16. The molecule has 28 heavy (non-hydrogen) atoms. The Morgan fingerprint density at radius 3 is 1.36 bits per heavy atom. The molecule has 0 spiro atoms. The number of hydrogen-bond donors (Lipinski definition) is 0. The van der Waals surface area contributed by atoms with E-state index in [1.165, 1.54) is 12.8 Å². The van der Waals surface area contributed by atoms with Crippen molar-refractivity contribution in [3.05, 3.63) is 0 Å². The van der Waals surface area contributed by atoms with Crippen LogP contribution < -0.4 is 0 Å². The Hall–Kier alpha value is -1.06. The van der Waals surface area contributed by atoms with Gasteiger partial charge < -0.3 is 9.47 Å². The van der Waals surface area contributed by atoms with Crippen molar-refractivity contribution in [1.82, 2.24) is 0 Å². The second-order valence-electron chi connectivity index (χ2n) is 10.3. The zero-order valence-electron chi connectivity index (χ0n) is 19.1. The lowest BCUT2D eigenvalue weighted by molar-refractivity contribution is -0.174. The van der Waals surface area contributed by atoms with Crippen LogP contribution in [0.5, 0.6) is 0 Å². The monoisotopic (exact) mass is 394 g/mol. The van der Waals surface area contributed by atoms with Crippen LogP contribution in [0.3, 0.4) is 0 Å². The normalized spacial score (nSPS) is 33.9. The van der Waals surface area contributed by atoms with Gasteiger partial charge in [-0.25, -0.2) is 0 Å². The third-order valence-electron chi connectivity index (χ3n) is 7.16. The molecule has 2 aliphatic rings. The van der Waals surface area contributed by atoms with Crippen molar-refractivity contribution in [2.75, 3.05) is 0 Å². The standard InChI is InChI=1S/C24H42O4/c1-14(2)19-10-8-16(5)12-21(19)27-23(25)18(7)24(26)28-22-13-17(6)9-11-20(22)15(3)4/h14-22H,8-13H2,1-7H3/t16-,17-,19+,20+,21-,22-/m0/s1. The van der Waals surface area contributed by atoms with Crippen LogP contribution in [0.2, 0.25) is 0 Å². The van der Waals surface area contributed by atoms with E-state index in [2.05, 4.69) is 41.5 Å². The van der Waals surface area contributed by atoms with Gasteiger partial charge in [0.25, 0.3) is 0 Å². The van der Waals surface area contributed by atoms with Crippen LogP contribution in [0, 0.1) is 41.4 Å². The Labute approximate surface area is 172 Å². The lowest BCUT2D eigenvalue weighted by Gasteiger charge is -2.38. The summed E-state index contributed by atoms with van der Waals surface area (Å²) < 4.78 is 11.7. The Morgan fingerprint density at radius 1 is 0.679 bits per heavy atom. The average Bonchev–Trinajstić information content (AvgIpc) is 2.60. The molecule has 2 rings (SSSR count). The molecule has 0 radical (unpaired) electrons. The van der Waals surface area contributed by atoms with E-state index < -0.39 is 17.9 Å². The first-order chi connectivity index (χ1) is 13.1. The Balaban J connectivity index is 1.96. The molecule has 0 unspecified atom stereocenters. The Bertz CT molecular complexity index is 481. The van der Waals surface area contributed by atoms with Gasteiger partial charge in [-0.1, -0.05) is 54.4 Å². The van der Waals surface area contributed by atoms with Gasteiger partial charge >= 0.3 is 11.9 Å². The topological polar surface area (TPSA) is 52.6 Å². The summed E-state index contributed by atoms with van der Waals surface area (Å²) in [7, 11) is 0. The molecule has 0 amide bonds. The molecule has 0 aliphatic heterocycles. The van der Waals surface area contributed by atoms with Crippen LogP contribution in [0.4, 0.5) is 0 Å². The summed E-state index contributed by atoms with van der Waals surface area (Å²) in [6.07, 6.45) is 6.18. The molecular weight excluding hydrogens is 352 g/mol. The number of hydrogen-bond acceptors (Lipinski definition) is 4. The molecule has 4 heteroatoms. The van der Waals surface area contributed by atoms with E-state index in [1.54, 1.807) is 6.92 Å². The van der Waals surface area contributed by atoms with Crippen LogP contribution in [-0.4, -0.2) is 24.1 Å². The molecular formula is C24H42O4. The van der Waals surface area contributed by atoms with Gasteiger partial charge in [-0.15, -0.1) is 0 Å². The number of carbonyl (C=O) groups excluding carboxylic acids is 2. The van der Waals surface area contributed by atoms with Gasteiger partial charge in [-0.3, -0.25) is 9.59 Å². The van der Waals surface area contributed by atoms with Gasteiger partial charge in [0.1, 0.15) is 12.2 Å². The summed E-state index contributed by atoms with van der Waals surface area (Å²) in [6.45, 7) is 14.8. The number of esters is 2. The maximum Gasteiger partial charge on any atom is 0.320 e. The predicted octanol–water partition coefficient (Wildman–Crippen LogP) is 5.63. The van der Waals surface area contributed by atoms with E-state index in [4.69, 9.17) is 9.47 Å². The van der Waals surface area contributed by atoms with Crippen LogP contribution in [0.25, 0.3) is 0 Å². The molecule has 4 nitrogen and oxygen atoms in total. The largest absolute Gasteiger partial charge is 0.461 e. The van der Waals surface area contributed by atoms with Crippen LogP contribution >= 0.6 is 0 Å². The van der Waals surface area contributed by atoms with Gasteiger partial charge in [0.15, 0.2) is 5.92 Å². The minimum atomic E-state index is -0.852. The minimum Gasteiger partial charge on any atom is -0.461 e. The number of rotatable bonds is 6. The van der Waals surface area contributed by atoms with E-state index in [0.29, 0.717) is 35.5 Å². The van der Waals surface area contributed by atoms with Crippen LogP contribution in [0.15, 0.2) is 0 Å². The van der Waals surface area contributed by atoms with Crippen molar-refractivity contribution in [2.45, 2.75) is 99.2 Å². The van der Waals surface area contributed by atoms with E-state index in [9.17, 15) is 9.59 Å². The van der Waals surface area contributed by atoms with Gasteiger partial charge in [0, 0.05) is 0 Å². The highest BCUT2D eigenvalue weighted by atomic mass is 16.6. The van der Waals surface area contributed by atoms with Crippen molar-refractivity contribution in [3.63, 3.8) is 0 Å². The molecule has 0 bridgehead atoms. The van der Waals surface area contributed by atoms with Crippen molar-refractivity contribution in [3.8, 4) is 0 Å². The fourth-order valence-electron chi connectivity index (χ4n) is 5.10. The molecule has 162 valence electrons. The quantitative estimate of drug-likeness (QED) is 0.433. The van der Waals surface area contributed by atoms with Gasteiger partial charge in [-0.2, -0.15) is 0 Å². The van der Waals surface area contributed by atoms with Crippen molar-refractivity contribution in [1.29, 1.82) is 0 Å². The predicted molar refractivity (Wildman–Crippen MR) is 112 cm³/mol. The lowest BCUT2D eigenvalue weighted by Crippen LogP contribution is -2.40. The zero-order valence-corrected chi connectivity index (χ0v) is 19.1. The molecule has 0 saturated heterocycles. The minimum absolute atomic E-state index is 0.0791. The maximum absolute atomic E-state index is 12.7. The second kappa shape index (κ2) is 10.1. The summed E-state index contributed by atoms with van der Waals surface area (Å²) in [4.78, 5) is 25.5. The second-order valence-corrected chi connectivity index (χ2v) is 10.3. The first kappa shape index (κ1) is 23.2. The number of ether oxygens (including phenoxy) is 2. The fraction of sp³-hybridized carbons (Fsp3) is 0.917. The summed E-state index contributed by atoms with van der Waals surface area (Å²) in [5, 5.41) is 0. The average molecular weight is 395 g/mol. The Kier molecular flexibility index (Phi) is 8.39. The van der Waals surface area contributed by atoms with E-state index >= 15 is 0 Å². The van der Waals surface area contributed by atoms with E-state index in [-0.39, 0.29) is 12.2 Å². The van der Waals surface area contributed by atoms with Crippen molar-refractivity contribution < 1.29 is 19.1 Å². The molecule has 0 aromatic carbocycles. The maximum atomic E-state index is 12.7. The summed E-state index contributed by atoms with van der Waals surface area (Å²) >= 11 is 0. The molecule has 2 fully saturated rings. The van der Waals surface area contributed by atoms with E-state index in [0.717, 1.165) is 25.7 Å². The Morgan fingerprint density at radius 2 is 1.04 bits per heavy atom.